The Morgan fingerprint density at radius 1 is 1.09 bits per heavy atom. The standard InChI is InChI=1S/C25H34FN3O5S/c1-5-7-16-27-25(31)19(3)28(17-20-12-14-21(26)15-13-20)24(30)18-29(35(4,32)33)22-10-8-9-11-23(22)34-6-2/h8-15,19H,5-7,16-18H2,1-4H3,(H,27,31)/t19-/m0/s1. The third-order valence-electron chi connectivity index (χ3n) is 5.38. The van der Waals surface area contributed by atoms with Crippen LogP contribution in [0, 0.1) is 5.82 Å². The van der Waals surface area contributed by atoms with Gasteiger partial charge >= 0.3 is 0 Å². The van der Waals surface area contributed by atoms with Crippen LogP contribution in [0.5, 0.6) is 5.75 Å². The van der Waals surface area contributed by atoms with Crippen LogP contribution in [0.15, 0.2) is 48.5 Å². The summed E-state index contributed by atoms with van der Waals surface area (Å²) < 4.78 is 45.3. The highest BCUT2D eigenvalue weighted by Gasteiger charge is 2.31. The predicted molar refractivity (Wildman–Crippen MR) is 134 cm³/mol. The number of ether oxygens (including phenoxy) is 1. The number of nitrogens with one attached hydrogen (secondary N) is 1. The number of para-hydroxylation sites is 2. The van der Waals surface area contributed by atoms with Gasteiger partial charge in [-0.3, -0.25) is 13.9 Å². The largest absolute Gasteiger partial charge is 0.492 e. The maximum Gasteiger partial charge on any atom is 0.244 e. The number of rotatable bonds is 13. The normalized spacial score (nSPS) is 12.0. The molecule has 0 heterocycles. The number of carbonyl (C=O) groups is 2. The van der Waals surface area contributed by atoms with Crippen molar-refractivity contribution in [2.24, 2.45) is 0 Å². The van der Waals surface area contributed by atoms with Crippen molar-refractivity contribution in [2.75, 3.05) is 30.3 Å². The summed E-state index contributed by atoms with van der Waals surface area (Å²) in [6, 6.07) is 11.3. The molecule has 0 spiro atoms. The summed E-state index contributed by atoms with van der Waals surface area (Å²) in [5.74, 6) is -1.03. The summed E-state index contributed by atoms with van der Waals surface area (Å²) in [5, 5.41) is 2.81. The number of carbonyl (C=O) groups excluding carboxylic acids is 2. The van der Waals surface area contributed by atoms with E-state index >= 15 is 0 Å². The number of amides is 2. The number of unbranched alkanes of at least 4 members (excludes halogenated alkanes) is 1. The highest BCUT2D eigenvalue weighted by atomic mass is 32.2. The molecule has 192 valence electrons. The first-order valence-electron chi connectivity index (χ1n) is 11.6. The van der Waals surface area contributed by atoms with Gasteiger partial charge in [0, 0.05) is 13.1 Å². The zero-order valence-electron chi connectivity index (χ0n) is 20.7. The molecule has 8 nitrogen and oxygen atoms in total. The van der Waals surface area contributed by atoms with Crippen LogP contribution >= 0.6 is 0 Å². The minimum Gasteiger partial charge on any atom is -0.492 e. The van der Waals surface area contributed by atoms with E-state index < -0.39 is 34.3 Å². The molecule has 0 radical (unpaired) electrons. The molecule has 0 aliphatic rings. The highest BCUT2D eigenvalue weighted by molar-refractivity contribution is 7.92. The van der Waals surface area contributed by atoms with Gasteiger partial charge < -0.3 is 15.0 Å². The fourth-order valence-corrected chi connectivity index (χ4v) is 4.29. The van der Waals surface area contributed by atoms with Crippen LogP contribution in [0.3, 0.4) is 0 Å². The van der Waals surface area contributed by atoms with Gasteiger partial charge in [0.2, 0.25) is 21.8 Å². The molecule has 1 N–H and O–H groups in total. The summed E-state index contributed by atoms with van der Waals surface area (Å²) in [7, 11) is -3.87. The number of hydrogen-bond acceptors (Lipinski definition) is 5. The van der Waals surface area contributed by atoms with E-state index in [1.807, 2.05) is 6.92 Å². The summed E-state index contributed by atoms with van der Waals surface area (Å²) in [6.45, 7) is 5.62. The second-order valence-electron chi connectivity index (χ2n) is 8.14. The quantitative estimate of drug-likeness (QED) is 0.420. The molecule has 0 aliphatic heterocycles. The number of halogens is 1. The van der Waals surface area contributed by atoms with Crippen LogP contribution in [0.4, 0.5) is 10.1 Å². The molecule has 10 heteroatoms. The van der Waals surface area contributed by atoms with Crippen molar-refractivity contribution in [3.63, 3.8) is 0 Å². The van der Waals surface area contributed by atoms with Crippen LogP contribution in [0.1, 0.15) is 39.2 Å². The van der Waals surface area contributed by atoms with E-state index in [1.54, 1.807) is 38.1 Å². The lowest BCUT2D eigenvalue weighted by atomic mass is 10.1. The van der Waals surface area contributed by atoms with E-state index in [0.717, 1.165) is 23.4 Å². The number of hydrogen-bond donors (Lipinski definition) is 1. The van der Waals surface area contributed by atoms with Gasteiger partial charge in [0.05, 0.1) is 18.6 Å². The Hall–Kier alpha value is -3.14. The smallest absolute Gasteiger partial charge is 0.244 e. The number of sulfonamides is 1. The van der Waals surface area contributed by atoms with Crippen LogP contribution in [0.25, 0.3) is 0 Å². The zero-order valence-corrected chi connectivity index (χ0v) is 21.5. The van der Waals surface area contributed by atoms with Crippen molar-refractivity contribution >= 4 is 27.5 Å². The first kappa shape index (κ1) is 28.1. The fraction of sp³-hybridized carbons (Fsp3) is 0.440. The van der Waals surface area contributed by atoms with Crippen molar-refractivity contribution in [3.05, 3.63) is 59.9 Å². The van der Waals surface area contributed by atoms with Crippen molar-refractivity contribution in [1.29, 1.82) is 0 Å². The van der Waals surface area contributed by atoms with Crippen molar-refractivity contribution in [2.45, 2.75) is 46.2 Å². The molecule has 2 amide bonds. The van der Waals surface area contributed by atoms with E-state index in [1.165, 1.54) is 29.2 Å². The molecule has 0 saturated carbocycles. The number of benzene rings is 2. The lowest BCUT2D eigenvalue weighted by Gasteiger charge is -2.32. The Bertz CT molecular complexity index is 1090. The second kappa shape index (κ2) is 13.1. The lowest BCUT2D eigenvalue weighted by molar-refractivity contribution is -0.139. The number of nitrogens with zero attached hydrogens (tertiary/aromatic N) is 2. The molecule has 0 bridgehead atoms. The van der Waals surface area contributed by atoms with Crippen molar-refractivity contribution in [3.8, 4) is 5.75 Å². The Morgan fingerprint density at radius 3 is 2.34 bits per heavy atom. The van der Waals surface area contributed by atoms with E-state index in [-0.39, 0.29) is 18.1 Å². The molecule has 0 unspecified atom stereocenters. The molecular weight excluding hydrogens is 473 g/mol. The van der Waals surface area contributed by atoms with Crippen LogP contribution in [0.2, 0.25) is 0 Å². The van der Waals surface area contributed by atoms with Gasteiger partial charge in [0.15, 0.2) is 0 Å². The SMILES string of the molecule is CCCCNC(=O)[C@H](C)N(Cc1ccc(F)cc1)C(=O)CN(c1ccccc1OCC)S(C)(=O)=O. The predicted octanol–water partition coefficient (Wildman–Crippen LogP) is 3.32. The molecule has 35 heavy (non-hydrogen) atoms. The first-order chi connectivity index (χ1) is 16.6. The second-order valence-corrected chi connectivity index (χ2v) is 10.0. The van der Waals surface area contributed by atoms with E-state index in [2.05, 4.69) is 5.32 Å². The van der Waals surface area contributed by atoms with E-state index in [0.29, 0.717) is 24.5 Å². The van der Waals surface area contributed by atoms with Crippen LogP contribution in [-0.4, -0.2) is 57.1 Å². The minimum atomic E-state index is -3.87. The van der Waals surface area contributed by atoms with E-state index in [4.69, 9.17) is 4.74 Å². The maximum absolute atomic E-state index is 13.5. The van der Waals surface area contributed by atoms with Gasteiger partial charge in [-0.05, 0) is 50.1 Å². The van der Waals surface area contributed by atoms with Crippen LogP contribution < -0.4 is 14.4 Å². The maximum atomic E-state index is 13.5. The Morgan fingerprint density at radius 2 is 1.74 bits per heavy atom. The first-order valence-corrected chi connectivity index (χ1v) is 13.4. The lowest BCUT2D eigenvalue weighted by Crippen LogP contribution is -2.51. The number of anilines is 1. The third-order valence-corrected chi connectivity index (χ3v) is 6.50. The van der Waals surface area contributed by atoms with Crippen molar-refractivity contribution < 1.29 is 27.1 Å². The molecule has 1 atom stereocenters. The molecule has 2 aromatic carbocycles. The summed E-state index contributed by atoms with van der Waals surface area (Å²) in [4.78, 5) is 27.6. The average Bonchev–Trinajstić information content (AvgIpc) is 2.81. The molecule has 0 saturated heterocycles. The zero-order chi connectivity index (χ0) is 26.0. The average molecular weight is 508 g/mol. The Balaban J connectivity index is 2.38. The fourth-order valence-electron chi connectivity index (χ4n) is 3.44. The molecule has 2 aromatic rings. The Kier molecular flexibility index (Phi) is 10.5. The van der Waals surface area contributed by atoms with Gasteiger partial charge in [-0.15, -0.1) is 0 Å². The van der Waals surface area contributed by atoms with Gasteiger partial charge in [-0.25, -0.2) is 12.8 Å². The van der Waals surface area contributed by atoms with Gasteiger partial charge in [-0.1, -0.05) is 37.6 Å². The third kappa shape index (κ3) is 8.24. The monoisotopic (exact) mass is 507 g/mol. The highest BCUT2D eigenvalue weighted by Crippen LogP contribution is 2.30. The Labute approximate surface area is 207 Å². The van der Waals surface area contributed by atoms with Gasteiger partial charge in [-0.2, -0.15) is 0 Å². The van der Waals surface area contributed by atoms with E-state index in [9.17, 15) is 22.4 Å². The molecular formula is C25H34FN3O5S. The molecule has 0 aliphatic carbocycles. The van der Waals surface area contributed by atoms with Gasteiger partial charge in [0.25, 0.3) is 0 Å². The molecule has 0 aromatic heterocycles. The summed E-state index contributed by atoms with van der Waals surface area (Å²) in [6.07, 6.45) is 2.70. The molecule has 2 rings (SSSR count). The summed E-state index contributed by atoms with van der Waals surface area (Å²) >= 11 is 0. The van der Waals surface area contributed by atoms with Gasteiger partial charge in [0.1, 0.15) is 24.2 Å². The minimum absolute atomic E-state index is 0.00614. The topological polar surface area (TPSA) is 96.0 Å². The molecule has 0 fully saturated rings. The van der Waals surface area contributed by atoms with Crippen LogP contribution in [-0.2, 0) is 26.2 Å². The summed E-state index contributed by atoms with van der Waals surface area (Å²) in [5.41, 5.74) is 0.834. The van der Waals surface area contributed by atoms with Crippen molar-refractivity contribution in [1.82, 2.24) is 10.2 Å².